The number of aryl methyl sites for hydroxylation is 1. The summed E-state index contributed by atoms with van der Waals surface area (Å²) in [6.07, 6.45) is -0.648. The molecule has 2 heterocycles. The van der Waals surface area contributed by atoms with Gasteiger partial charge in [0.05, 0.1) is 18.4 Å². The smallest absolute Gasteiger partial charge is 0.406 e. The van der Waals surface area contributed by atoms with Crippen molar-refractivity contribution in [3.63, 3.8) is 0 Å². The Hall–Kier alpha value is -3.79. The van der Waals surface area contributed by atoms with E-state index < -0.39 is 18.1 Å². The van der Waals surface area contributed by atoms with Crippen LogP contribution in [0, 0.1) is 12.7 Å². The van der Waals surface area contributed by atoms with E-state index in [0.29, 0.717) is 11.1 Å². The lowest BCUT2D eigenvalue weighted by atomic mass is 10.1. The molecule has 1 amide bonds. The van der Waals surface area contributed by atoms with E-state index in [2.05, 4.69) is 14.7 Å². The van der Waals surface area contributed by atoms with Crippen LogP contribution in [0.2, 0.25) is 0 Å². The number of carbonyl (C=O) groups excluding carboxylic acids is 1. The summed E-state index contributed by atoms with van der Waals surface area (Å²) in [5, 5.41) is 0. The predicted molar refractivity (Wildman–Crippen MR) is 120 cm³/mol. The molecule has 2 aromatic carbocycles. The molecule has 5 nitrogen and oxygen atoms in total. The van der Waals surface area contributed by atoms with Crippen molar-refractivity contribution in [2.45, 2.75) is 19.8 Å². The van der Waals surface area contributed by atoms with E-state index in [1.54, 1.807) is 24.3 Å². The molecular formula is C24H17F4N3O2S. The summed E-state index contributed by atoms with van der Waals surface area (Å²) in [5.74, 6) is -1.35. The van der Waals surface area contributed by atoms with Gasteiger partial charge in [-0.2, -0.15) is 0 Å². The van der Waals surface area contributed by atoms with Crippen LogP contribution < -0.4 is 9.64 Å². The maximum absolute atomic E-state index is 14.6. The van der Waals surface area contributed by atoms with Crippen LogP contribution >= 0.6 is 11.3 Å². The van der Waals surface area contributed by atoms with Gasteiger partial charge in [-0.15, -0.1) is 24.5 Å². The molecule has 0 aliphatic heterocycles. The van der Waals surface area contributed by atoms with E-state index in [1.165, 1.54) is 72.1 Å². The zero-order valence-electron chi connectivity index (χ0n) is 17.7. The molecule has 0 N–H and O–H groups in total. The van der Waals surface area contributed by atoms with Gasteiger partial charge < -0.3 is 4.74 Å². The summed E-state index contributed by atoms with van der Waals surface area (Å²) in [7, 11) is 0. The second-order valence-electron chi connectivity index (χ2n) is 7.23. The highest BCUT2D eigenvalue weighted by Crippen LogP contribution is 2.34. The molecule has 0 aliphatic rings. The molecule has 0 radical (unpaired) electrons. The molecule has 0 saturated carbocycles. The predicted octanol–water partition coefficient (Wildman–Crippen LogP) is 6.40. The number of para-hydroxylation sites is 1. The fraction of sp³-hybridized carbons (Fsp3) is 0.125. The highest BCUT2D eigenvalue weighted by molar-refractivity contribution is 7.15. The number of halogens is 4. The van der Waals surface area contributed by atoms with E-state index in [9.17, 15) is 22.4 Å². The summed E-state index contributed by atoms with van der Waals surface area (Å²) in [4.78, 5) is 23.9. The first kappa shape index (κ1) is 23.4. The summed E-state index contributed by atoms with van der Waals surface area (Å²) in [6, 6.07) is 13.9. The standard InChI is InChI=1S/C24H17F4N3O2S/c1-15-12-16(6-8-21(15)33-24(26,27)28)22-9-7-17(34-22)14-31(20-5-3-2-4-18(20)25)23(32)19-13-29-10-11-30-19/h2-13H,14H2,1H3. The maximum atomic E-state index is 14.6. The third-order valence-electron chi connectivity index (χ3n) is 4.83. The Bertz CT molecular complexity index is 1310. The van der Waals surface area contributed by atoms with Gasteiger partial charge in [-0.1, -0.05) is 12.1 Å². The minimum absolute atomic E-state index is 0.0647. The van der Waals surface area contributed by atoms with Gasteiger partial charge in [0.25, 0.3) is 5.91 Å². The molecule has 0 unspecified atom stereocenters. The third-order valence-corrected chi connectivity index (χ3v) is 5.95. The molecule has 2 aromatic heterocycles. The van der Waals surface area contributed by atoms with Crippen molar-refractivity contribution < 1.29 is 27.1 Å². The van der Waals surface area contributed by atoms with Crippen LogP contribution in [0.25, 0.3) is 10.4 Å². The van der Waals surface area contributed by atoms with Crippen molar-refractivity contribution in [1.82, 2.24) is 9.97 Å². The Balaban J connectivity index is 1.62. The minimum Gasteiger partial charge on any atom is -0.406 e. The van der Waals surface area contributed by atoms with Crippen LogP contribution in [0.15, 0.2) is 73.2 Å². The van der Waals surface area contributed by atoms with Crippen LogP contribution in [-0.2, 0) is 6.54 Å². The number of ether oxygens (including phenoxy) is 1. The van der Waals surface area contributed by atoms with Crippen molar-refractivity contribution in [3.8, 4) is 16.2 Å². The zero-order chi connectivity index (χ0) is 24.3. The van der Waals surface area contributed by atoms with Crippen molar-refractivity contribution in [2.24, 2.45) is 0 Å². The normalized spacial score (nSPS) is 11.3. The number of thiophene rings is 1. The molecule has 0 aliphatic carbocycles. The molecule has 0 atom stereocenters. The number of amides is 1. The topological polar surface area (TPSA) is 55.3 Å². The van der Waals surface area contributed by atoms with Crippen LogP contribution in [-0.4, -0.2) is 22.2 Å². The first-order valence-corrected chi connectivity index (χ1v) is 10.8. The van der Waals surface area contributed by atoms with E-state index in [-0.39, 0.29) is 23.7 Å². The molecule has 4 aromatic rings. The first-order valence-electron chi connectivity index (χ1n) is 9.99. The summed E-state index contributed by atoms with van der Waals surface area (Å²) < 4.78 is 56.2. The molecule has 0 bridgehead atoms. The fourth-order valence-electron chi connectivity index (χ4n) is 3.30. The van der Waals surface area contributed by atoms with Gasteiger partial charge in [0, 0.05) is 22.1 Å². The second kappa shape index (κ2) is 9.60. The Kier molecular flexibility index (Phi) is 6.60. The molecule has 0 spiro atoms. The van der Waals surface area contributed by atoms with Crippen molar-refractivity contribution in [1.29, 1.82) is 0 Å². The highest BCUT2D eigenvalue weighted by atomic mass is 32.1. The Morgan fingerprint density at radius 1 is 1.09 bits per heavy atom. The van der Waals surface area contributed by atoms with Gasteiger partial charge in [-0.25, -0.2) is 9.37 Å². The lowest BCUT2D eigenvalue weighted by Crippen LogP contribution is -2.31. The second-order valence-corrected chi connectivity index (χ2v) is 8.40. The molecular weight excluding hydrogens is 470 g/mol. The van der Waals surface area contributed by atoms with Gasteiger partial charge in [-0.05, 0) is 60.5 Å². The summed E-state index contributed by atoms with van der Waals surface area (Å²) in [6.45, 7) is 1.59. The number of rotatable bonds is 6. The van der Waals surface area contributed by atoms with E-state index in [0.717, 1.165) is 9.75 Å². The Morgan fingerprint density at radius 3 is 2.56 bits per heavy atom. The largest absolute Gasteiger partial charge is 0.573 e. The fourth-order valence-corrected chi connectivity index (χ4v) is 4.29. The number of nitrogens with zero attached hydrogens (tertiary/aromatic N) is 3. The van der Waals surface area contributed by atoms with Gasteiger partial charge in [0.15, 0.2) is 0 Å². The lowest BCUT2D eigenvalue weighted by molar-refractivity contribution is -0.274. The van der Waals surface area contributed by atoms with Crippen molar-refractivity contribution in [3.05, 3.63) is 95.1 Å². The van der Waals surface area contributed by atoms with Crippen LogP contribution in [0.1, 0.15) is 20.9 Å². The monoisotopic (exact) mass is 487 g/mol. The van der Waals surface area contributed by atoms with Gasteiger partial charge >= 0.3 is 6.36 Å². The van der Waals surface area contributed by atoms with Gasteiger partial charge in [0.1, 0.15) is 17.3 Å². The first-order chi connectivity index (χ1) is 16.2. The van der Waals surface area contributed by atoms with Crippen LogP contribution in [0.3, 0.4) is 0 Å². The minimum atomic E-state index is -4.77. The third kappa shape index (κ3) is 5.40. The highest BCUT2D eigenvalue weighted by Gasteiger charge is 2.31. The van der Waals surface area contributed by atoms with Gasteiger partial charge in [0.2, 0.25) is 0 Å². The van der Waals surface area contributed by atoms with Crippen LogP contribution in [0.4, 0.5) is 23.2 Å². The summed E-state index contributed by atoms with van der Waals surface area (Å²) >= 11 is 1.34. The van der Waals surface area contributed by atoms with Crippen molar-refractivity contribution in [2.75, 3.05) is 4.90 Å². The van der Waals surface area contributed by atoms with E-state index in [4.69, 9.17) is 0 Å². The Labute approximate surface area is 196 Å². The number of aromatic nitrogens is 2. The zero-order valence-corrected chi connectivity index (χ0v) is 18.5. The number of alkyl halides is 3. The number of hydrogen-bond acceptors (Lipinski definition) is 5. The molecule has 10 heteroatoms. The molecule has 4 rings (SSSR count). The lowest BCUT2D eigenvalue weighted by Gasteiger charge is -2.22. The molecule has 0 saturated heterocycles. The number of anilines is 1. The molecule has 0 fully saturated rings. The molecule has 174 valence electrons. The van der Waals surface area contributed by atoms with E-state index in [1.807, 2.05) is 0 Å². The average Bonchev–Trinajstić information content (AvgIpc) is 3.27. The van der Waals surface area contributed by atoms with Crippen LogP contribution in [0.5, 0.6) is 5.75 Å². The van der Waals surface area contributed by atoms with Gasteiger partial charge in [-0.3, -0.25) is 14.7 Å². The summed E-state index contributed by atoms with van der Waals surface area (Å²) in [5.41, 5.74) is 1.19. The number of hydrogen-bond donors (Lipinski definition) is 0. The van der Waals surface area contributed by atoms with Crippen molar-refractivity contribution >= 4 is 22.9 Å². The number of benzene rings is 2. The SMILES string of the molecule is Cc1cc(-c2ccc(CN(C(=O)c3cnccn3)c3ccccc3F)s2)ccc1OC(F)(F)F. The molecule has 34 heavy (non-hydrogen) atoms. The average molecular weight is 487 g/mol. The quantitative estimate of drug-likeness (QED) is 0.296. The Morgan fingerprint density at radius 2 is 1.88 bits per heavy atom. The number of carbonyl (C=O) groups is 1. The van der Waals surface area contributed by atoms with E-state index >= 15 is 0 Å². The maximum Gasteiger partial charge on any atom is 0.573 e.